The molecular weight excluding hydrogens is 437 g/mol. The molecule has 4 rings (SSSR count). The summed E-state index contributed by atoms with van der Waals surface area (Å²) in [5.74, 6) is -1.47. The monoisotopic (exact) mass is 460 g/mol. The number of halogens is 3. The minimum atomic E-state index is -5.11. The van der Waals surface area contributed by atoms with Crippen molar-refractivity contribution in [3.05, 3.63) is 69.7 Å². The number of aromatic nitrogens is 1. The highest BCUT2D eigenvalue weighted by Gasteiger charge is 2.47. The van der Waals surface area contributed by atoms with Crippen molar-refractivity contribution in [3.8, 4) is 0 Å². The van der Waals surface area contributed by atoms with Gasteiger partial charge in [0, 0.05) is 23.0 Å². The van der Waals surface area contributed by atoms with Crippen molar-refractivity contribution < 1.29 is 27.6 Å². The van der Waals surface area contributed by atoms with Gasteiger partial charge in [0.25, 0.3) is 5.91 Å². The molecule has 0 bridgehead atoms. The second kappa shape index (κ2) is 8.30. The van der Waals surface area contributed by atoms with Crippen LogP contribution in [0, 0.1) is 6.92 Å². The van der Waals surface area contributed by atoms with Gasteiger partial charge < -0.3 is 14.5 Å². The summed E-state index contributed by atoms with van der Waals surface area (Å²) in [5.41, 5.74) is 1.22. The van der Waals surface area contributed by atoms with Crippen LogP contribution in [0.25, 0.3) is 10.8 Å². The fourth-order valence-electron chi connectivity index (χ4n) is 4.61. The fraction of sp³-hybridized carbons (Fsp3) is 0.375. The van der Waals surface area contributed by atoms with Gasteiger partial charge in [0.2, 0.25) is 6.10 Å². The Morgan fingerprint density at radius 3 is 2.70 bits per heavy atom. The number of alkyl halides is 3. The Bertz CT molecular complexity index is 1270. The molecule has 1 unspecified atom stereocenters. The van der Waals surface area contributed by atoms with Crippen molar-refractivity contribution in [1.82, 2.24) is 5.16 Å². The molecule has 2 atom stereocenters. The van der Waals surface area contributed by atoms with Crippen molar-refractivity contribution in [2.24, 2.45) is 0 Å². The molecule has 174 valence electrons. The summed E-state index contributed by atoms with van der Waals surface area (Å²) in [6.45, 7) is 3.42. The van der Waals surface area contributed by atoms with Crippen molar-refractivity contribution in [2.75, 3.05) is 11.4 Å². The lowest BCUT2D eigenvalue weighted by atomic mass is 9.71. The minimum Gasteiger partial charge on any atom is -0.376 e. The second-order valence-electron chi connectivity index (χ2n) is 8.73. The predicted molar refractivity (Wildman–Crippen MR) is 116 cm³/mol. The normalized spacial score (nSPS) is 19.2. The predicted octanol–water partition coefficient (Wildman–Crippen LogP) is 4.05. The first-order chi connectivity index (χ1) is 15.5. The number of benzene rings is 2. The topological polar surface area (TPSA) is 83.6 Å². The smallest absolute Gasteiger partial charge is 0.376 e. The van der Waals surface area contributed by atoms with Gasteiger partial charge in [-0.1, -0.05) is 36.3 Å². The van der Waals surface area contributed by atoms with Gasteiger partial charge in [0.05, 0.1) is 11.1 Å². The molecule has 0 aliphatic heterocycles. The number of anilines is 1. The number of amides is 1. The highest BCUT2D eigenvalue weighted by Crippen LogP contribution is 2.39. The molecule has 1 aliphatic carbocycles. The number of nitrogens with zero attached hydrogens (tertiary/aromatic N) is 2. The lowest BCUT2D eigenvalue weighted by Crippen LogP contribution is -2.51. The summed E-state index contributed by atoms with van der Waals surface area (Å²) >= 11 is 0. The van der Waals surface area contributed by atoms with Gasteiger partial charge in [-0.15, -0.1) is 0 Å². The van der Waals surface area contributed by atoms with Crippen molar-refractivity contribution in [1.29, 1.82) is 0 Å². The zero-order valence-electron chi connectivity index (χ0n) is 18.1. The van der Waals surface area contributed by atoms with Crippen LogP contribution in [0.4, 0.5) is 18.9 Å². The Kier molecular flexibility index (Phi) is 5.78. The van der Waals surface area contributed by atoms with E-state index in [1.807, 2.05) is 31.2 Å². The van der Waals surface area contributed by atoms with E-state index < -0.39 is 29.2 Å². The number of hydrogen-bond donors (Lipinski definition) is 1. The third-order valence-corrected chi connectivity index (χ3v) is 6.35. The highest BCUT2D eigenvalue weighted by molar-refractivity contribution is 5.99. The van der Waals surface area contributed by atoms with E-state index in [1.54, 1.807) is 6.92 Å². The summed E-state index contributed by atoms with van der Waals surface area (Å²) in [7, 11) is 0. The molecule has 0 fully saturated rings. The molecule has 6 nitrogen and oxygen atoms in total. The Hall–Kier alpha value is -3.20. The van der Waals surface area contributed by atoms with Crippen LogP contribution in [0.5, 0.6) is 0 Å². The number of fused-ring (bicyclic) bond motifs is 2. The molecule has 1 N–H and O–H groups in total. The van der Waals surface area contributed by atoms with Crippen LogP contribution in [0.1, 0.15) is 36.6 Å². The highest BCUT2D eigenvalue weighted by atomic mass is 19.4. The Labute approximate surface area is 187 Å². The molecule has 0 radical (unpaired) electrons. The molecule has 1 aliphatic rings. The first-order valence-electron chi connectivity index (χ1n) is 10.6. The SMILES string of the molecule is Cc1noc(=O)c2ccc(N(CC3(C)CCCc4ccccc43)C(=O)[C@@H](O)C(F)(F)F)cc12. The first-order valence-corrected chi connectivity index (χ1v) is 10.6. The largest absolute Gasteiger partial charge is 0.423 e. The van der Waals surface area contributed by atoms with E-state index in [0.717, 1.165) is 28.9 Å². The number of carbonyl (C=O) groups is 1. The second-order valence-corrected chi connectivity index (χ2v) is 8.73. The first kappa shape index (κ1) is 23.0. The molecule has 0 saturated heterocycles. The zero-order valence-corrected chi connectivity index (χ0v) is 18.1. The lowest BCUT2D eigenvalue weighted by molar-refractivity contribution is -0.203. The quantitative estimate of drug-likeness (QED) is 0.635. The lowest BCUT2D eigenvalue weighted by Gasteiger charge is -2.40. The third kappa shape index (κ3) is 4.25. The van der Waals surface area contributed by atoms with E-state index in [2.05, 4.69) is 5.16 Å². The van der Waals surface area contributed by atoms with E-state index in [1.165, 1.54) is 18.2 Å². The minimum absolute atomic E-state index is 0.0740. The Morgan fingerprint density at radius 2 is 1.97 bits per heavy atom. The maximum atomic E-state index is 13.3. The molecule has 0 spiro atoms. The van der Waals surface area contributed by atoms with Crippen molar-refractivity contribution in [2.45, 2.75) is 50.8 Å². The summed E-state index contributed by atoms with van der Waals surface area (Å²) < 4.78 is 44.6. The summed E-state index contributed by atoms with van der Waals surface area (Å²) in [6, 6.07) is 11.9. The van der Waals surface area contributed by atoms with Crippen LogP contribution in [0.2, 0.25) is 0 Å². The molecular formula is C24H23F3N2O4. The summed E-state index contributed by atoms with van der Waals surface area (Å²) in [5, 5.41) is 14.0. The van der Waals surface area contributed by atoms with E-state index in [0.29, 0.717) is 17.5 Å². The molecule has 3 aromatic rings. The molecule has 33 heavy (non-hydrogen) atoms. The number of carbonyl (C=O) groups excluding carboxylic acids is 1. The van der Waals surface area contributed by atoms with Gasteiger partial charge >= 0.3 is 11.8 Å². The van der Waals surface area contributed by atoms with E-state index >= 15 is 0 Å². The van der Waals surface area contributed by atoms with Gasteiger partial charge in [0.1, 0.15) is 0 Å². The average molecular weight is 460 g/mol. The summed E-state index contributed by atoms with van der Waals surface area (Å²) in [6.07, 6.45) is -5.96. The van der Waals surface area contributed by atoms with Crippen molar-refractivity contribution >= 4 is 22.4 Å². The molecule has 2 aromatic carbocycles. The number of aliphatic hydroxyl groups is 1. The maximum Gasteiger partial charge on any atom is 0.423 e. The van der Waals surface area contributed by atoms with Gasteiger partial charge in [-0.2, -0.15) is 13.2 Å². The Morgan fingerprint density at radius 1 is 1.24 bits per heavy atom. The van der Waals surface area contributed by atoms with Crippen LogP contribution < -0.4 is 10.5 Å². The van der Waals surface area contributed by atoms with Crippen LogP contribution in [-0.4, -0.2) is 35.0 Å². The molecule has 1 aromatic heterocycles. The van der Waals surface area contributed by atoms with Crippen LogP contribution in [0.3, 0.4) is 0 Å². The van der Waals surface area contributed by atoms with Gasteiger partial charge in [-0.3, -0.25) is 4.79 Å². The molecule has 9 heteroatoms. The van der Waals surface area contributed by atoms with E-state index in [-0.39, 0.29) is 17.6 Å². The van der Waals surface area contributed by atoms with Gasteiger partial charge in [-0.05, 0) is 55.5 Å². The standard InChI is InChI=1S/C24H23F3N2O4/c1-14-18-12-16(9-10-17(18)22(32)33-28-14)29(21(31)20(30)24(25,26)27)13-23(2)11-5-7-15-6-3-4-8-19(15)23/h3-4,6,8-10,12,20,30H,5,7,11,13H2,1-2H3/t20-,23?/m1/s1. The van der Waals surface area contributed by atoms with Gasteiger partial charge in [0.15, 0.2) is 0 Å². The fourth-order valence-corrected chi connectivity index (χ4v) is 4.61. The molecule has 1 amide bonds. The zero-order chi connectivity index (χ0) is 24.0. The maximum absolute atomic E-state index is 13.3. The van der Waals surface area contributed by atoms with Crippen LogP contribution >= 0.6 is 0 Å². The number of rotatable bonds is 4. The van der Waals surface area contributed by atoms with Crippen LogP contribution in [-0.2, 0) is 16.6 Å². The molecule has 1 heterocycles. The number of hydrogen-bond acceptors (Lipinski definition) is 5. The molecule has 0 saturated carbocycles. The van der Waals surface area contributed by atoms with Crippen molar-refractivity contribution in [3.63, 3.8) is 0 Å². The average Bonchev–Trinajstić information content (AvgIpc) is 2.78. The Balaban J connectivity index is 1.84. The third-order valence-electron chi connectivity index (χ3n) is 6.35. The van der Waals surface area contributed by atoms with Gasteiger partial charge in [-0.25, -0.2) is 4.79 Å². The van der Waals surface area contributed by atoms with E-state index in [9.17, 15) is 27.9 Å². The van der Waals surface area contributed by atoms with Crippen LogP contribution in [0.15, 0.2) is 51.8 Å². The number of aryl methyl sites for hydroxylation is 2. The summed E-state index contributed by atoms with van der Waals surface area (Å²) in [4.78, 5) is 25.9. The number of aliphatic hydroxyl groups excluding tert-OH is 1. The van der Waals surface area contributed by atoms with E-state index in [4.69, 9.17) is 4.52 Å².